The first-order valence-electron chi connectivity index (χ1n) is 13.1. The number of hydrogen-bond acceptors (Lipinski definition) is 6. The molecule has 6 rings (SSSR count). The number of aromatic amines is 1. The average molecular weight is 534 g/mol. The maximum atomic E-state index is 13.0. The van der Waals surface area contributed by atoms with Gasteiger partial charge in [0.15, 0.2) is 0 Å². The van der Waals surface area contributed by atoms with Crippen molar-refractivity contribution >= 4 is 11.9 Å². The van der Waals surface area contributed by atoms with Crippen LogP contribution < -0.4 is 5.32 Å². The molecule has 0 saturated carbocycles. The molecule has 3 aromatic carbocycles. The number of hydrogen-bond donors (Lipinski definition) is 3. The van der Waals surface area contributed by atoms with Gasteiger partial charge < -0.3 is 14.8 Å². The number of aromatic nitrogens is 4. The summed E-state index contributed by atoms with van der Waals surface area (Å²) in [5.41, 5.74) is 8.11. The Morgan fingerprint density at radius 1 is 0.975 bits per heavy atom. The van der Waals surface area contributed by atoms with E-state index in [-0.39, 0.29) is 17.5 Å². The topological polar surface area (TPSA) is 134 Å². The van der Waals surface area contributed by atoms with Crippen LogP contribution in [-0.4, -0.2) is 37.4 Å². The zero-order valence-electron chi connectivity index (χ0n) is 22.1. The van der Waals surface area contributed by atoms with Crippen molar-refractivity contribution < 1.29 is 19.1 Å². The zero-order valence-corrected chi connectivity index (χ0v) is 22.1. The van der Waals surface area contributed by atoms with E-state index in [1.807, 2.05) is 56.3 Å². The second kappa shape index (κ2) is 10.3. The lowest BCUT2D eigenvalue weighted by Crippen LogP contribution is -2.36. The molecule has 1 aliphatic heterocycles. The molecule has 0 bridgehead atoms. The summed E-state index contributed by atoms with van der Waals surface area (Å²) < 4.78 is 5.93. The van der Waals surface area contributed by atoms with Gasteiger partial charge in [-0.05, 0) is 73.7 Å². The number of fused-ring (bicyclic) bond motifs is 1. The molecule has 0 fully saturated rings. The third-order valence-electron chi connectivity index (χ3n) is 7.34. The highest BCUT2D eigenvalue weighted by atomic mass is 16.4. The van der Waals surface area contributed by atoms with Crippen molar-refractivity contribution in [3.63, 3.8) is 0 Å². The Balaban J connectivity index is 1.32. The summed E-state index contributed by atoms with van der Waals surface area (Å²) in [5, 5.41) is 28.8. The molecule has 0 radical (unpaired) electrons. The van der Waals surface area contributed by atoms with Crippen LogP contribution in [0.5, 0.6) is 0 Å². The molecule has 0 saturated heterocycles. The molecule has 40 heavy (non-hydrogen) atoms. The minimum absolute atomic E-state index is 0.138. The van der Waals surface area contributed by atoms with Crippen LogP contribution in [0.2, 0.25) is 0 Å². The van der Waals surface area contributed by atoms with Gasteiger partial charge in [0.2, 0.25) is 11.8 Å². The number of carboxylic acid groups (broad SMARTS) is 1. The van der Waals surface area contributed by atoms with E-state index in [0.717, 1.165) is 39.1 Å². The normalized spacial score (nSPS) is 14.6. The molecular formula is C31H27N5O4. The van der Waals surface area contributed by atoms with Gasteiger partial charge >= 0.3 is 5.97 Å². The molecule has 1 amide bonds. The first-order valence-corrected chi connectivity index (χ1v) is 13.1. The van der Waals surface area contributed by atoms with Crippen LogP contribution in [0.1, 0.15) is 60.7 Å². The first-order chi connectivity index (χ1) is 19.4. The smallest absolute Gasteiger partial charge is 0.335 e. The molecule has 9 heteroatoms. The molecule has 3 heterocycles. The fraction of sp³-hybridized carbons (Fsp3) is 0.194. The number of nitrogens with one attached hydrogen (secondary N) is 2. The van der Waals surface area contributed by atoms with E-state index in [4.69, 9.17) is 4.42 Å². The van der Waals surface area contributed by atoms with Gasteiger partial charge in [0, 0.05) is 28.8 Å². The van der Waals surface area contributed by atoms with E-state index >= 15 is 0 Å². The van der Waals surface area contributed by atoms with E-state index in [2.05, 4.69) is 25.7 Å². The minimum atomic E-state index is -0.994. The van der Waals surface area contributed by atoms with Crippen LogP contribution in [0.3, 0.4) is 0 Å². The molecular weight excluding hydrogens is 506 g/mol. The van der Waals surface area contributed by atoms with Crippen LogP contribution in [-0.2, 0) is 19.3 Å². The Bertz CT molecular complexity index is 1720. The van der Waals surface area contributed by atoms with Crippen molar-refractivity contribution in [2.45, 2.75) is 39.2 Å². The van der Waals surface area contributed by atoms with Crippen molar-refractivity contribution in [3.8, 4) is 22.6 Å². The Morgan fingerprint density at radius 2 is 1.73 bits per heavy atom. The second-order valence-corrected chi connectivity index (χ2v) is 10.0. The van der Waals surface area contributed by atoms with Gasteiger partial charge in [0.05, 0.1) is 17.3 Å². The highest BCUT2D eigenvalue weighted by Gasteiger charge is 2.31. The maximum Gasteiger partial charge on any atom is 0.335 e. The van der Waals surface area contributed by atoms with E-state index < -0.39 is 5.97 Å². The Morgan fingerprint density at radius 3 is 2.48 bits per heavy atom. The number of carboxylic acids is 1. The third-order valence-corrected chi connectivity index (χ3v) is 7.34. The van der Waals surface area contributed by atoms with Crippen molar-refractivity contribution in [2.24, 2.45) is 0 Å². The molecule has 200 valence electrons. The van der Waals surface area contributed by atoms with Gasteiger partial charge in [0.1, 0.15) is 0 Å². The van der Waals surface area contributed by atoms with E-state index in [0.29, 0.717) is 42.3 Å². The maximum absolute atomic E-state index is 13.0. The summed E-state index contributed by atoms with van der Waals surface area (Å²) >= 11 is 0. The number of aryl methyl sites for hydroxylation is 4. The summed E-state index contributed by atoms with van der Waals surface area (Å²) in [5.74, 6) is -0.175. The zero-order chi connectivity index (χ0) is 27.8. The number of rotatable bonds is 7. The average Bonchev–Trinajstić information content (AvgIpc) is 3.60. The SMILES string of the molecule is Cc1ccc(-c2nnc(CCc3[nH]nc(C4Cc5c(C)cccc5C(=O)N4)c3-c3ccc(C(=O)O)cc3)o2)cc1. The van der Waals surface area contributed by atoms with Crippen LogP contribution in [0, 0.1) is 13.8 Å². The predicted octanol–water partition coefficient (Wildman–Crippen LogP) is 5.25. The summed E-state index contributed by atoms with van der Waals surface area (Å²) in [4.78, 5) is 24.5. The first kappa shape index (κ1) is 25.2. The Hall–Kier alpha value is -5.05. The summed E-state index contributed by atoms with van der Waals surface area (Å²) in [6, 6.07) is 20.0. The summed E-state index contributed by atoms with van der Waals surface area (Å²) in [7, 11) is 0. The molecule has 1 aliphatic rings. The predicted molar refractivity (Wildman–Crippen MR) is 148 cm³/mol. The van der Waals surface area contributed by atoms with Gasteiger partial charge in [-0.3, -0.25) is 9.89 Å². The second-order valence-electron chi connectivity index (χ2n) is 10.0. The quantitative estimate of drug-likeness (QED) is 0.260. The fourth-order valence-corrected chi connectivity index (χ4v) is 5.17. The number of nitrogens with zero attached hydrogens (tertiary/aromatic N) is 3. The lowest BCUT2D eigenvalue weighted by molar-refractivity contribution is 0.0696. The molecule has 5 aromatic rings. The lowest BCUT2D eigenvalue weighted by atomic mass is 9.87. The molecule has 3 N–H and O–H groups in total. The van der Waals surface area contributed by atoms with Gasteiger partial charge in [-0.2, -0.15) is 5.10 Å². The van der Waals surface area contributed by atoms with Crippen molar-refractivity contribution in [1.82, 2.24) is 25.7 Å². The van der Waals surface area contributed by atoms with Crippen LogP contribution in [0.15, 0.2) is 71.1 Å². The standard InChI is InChI=1S/C31H27N5O4/c1-17-6-8-20(9-7-17)30-36-34-26(40-30)15-14-24-27(19-10-12-21(13-11-19)31(38)39)28(35-33-24)25-16-23-18(2)4-3-5-22(23)29(37)32-25/h3-13,25H,14-16H2,1-2H3,(H,32,37)(H,33,35)(H,38,39). The highest BCUT2D eigenvalue weighted by molar-refractivity contribution is 5.97. The highest BCUT2D eigenvalue weighted by Crippen LogP contribution is 2.35. The number of carbonyl (C=O) groups excluding carboxylic acids is 1. The van der Waals surface area contributed by atoms with Crippen molar-refractivity contribution in [3.05, 3.63) is 112 Å². The van der Waals surface area contributed by atoms with E-state index in [1.165, 1.54) is 0 Å². The Labute approximate surface area is 230 Å². The molecule has 2 aromatic heterocycles. The number of H-pyrrole nitrogens is 1. The molecule has 0 aliphatic carbocycles. The molecule has 1 unspecified atom stereocenters. The van der Waals surface area contributed by atoms with Gasteiger partial charge in [-0.1, -0.05) is 42.0 Å². The van der Waals surface area contributed by atoms with Crippen LogP contribution >= 0.6 is 0 Å². The molecule has 1 atom stereocenters. The molecule has 0 spiro atoms. The largest absolute Gasteiger partial charge is 0.478 e. The number of aromatic carboxylic acids is 1. The Kier molecular flexibility index (Phi) is 6.47. The summed E-state index contributed by atoms with van der Waals surface area (Å²) in [6.45, 7) is 4.03. The van der Waals surface area contributed by atoms with Gasteiger partial charge in [-0.25, -0.2) is 4.79 Å². The van der Waals surface area contributed by atoms with Crippen molar-refractivity contribution in [1.29, 1.82) is 0 Å². The van der Waals surface area contributed by atoms with Crippen LogP contribution in [0.25, 0.3) is 22.6 Å². The number of carbonyl (C=O) groups is 2. The van der Waals surface area contributed by atoms with E-state index in [1.54, 1.807) is 24.3 Å². The number of benzene rings is 3. The lowest BCUT2D eigenvalue weighted by Gasteiger charge is -2.26. The molecule has 9 nitrogen and oxygen atoms in total. The number of amides is 1. The fourth-order valence-electron chi connectivity index (χ4n) is 5.17. The van der Waals surface area contributed by atoms with Gasteiger partial charge in [-0.15, -0.1) is 10.2 Å². The van der Waals surface area contributed by atoms with Gasteiger partial charge in [0.25, 0.3) is 5.91 Å². The van der Waals surface area contributed by atoms with E-state index in [9.17, 15) is 14.7 Å². The summed E-state index contributed by atoms with van der Waals surface area (Å²) in [6.07, 6.45) is 1.59. The third kappa shape index (κ3) is 4.77. The van der Waals surface area contributed by atoms with Crippen molar-refractivity contribution in [2.75, 3.05) is 0 Å². The van der Waals surface area contributed by atoms with Crippen LogP contribution in [0.4, 0.5) is 0 Å². The minimum Gasteiger partial charge on any atom is -0.478 e. The monoisotopic (exact) mass is 533 g/mol.